The second-order valence-electron chi connectivity index (χ2n) is 4.78. The number of alkyl halides is 3. The maximum Gasteiger partial charge on any atom is 0.416 e. The van der Waals surface area contributed by atoms with Crippen molar-refractivity contribution in [3.8, 4) is 0 Å². The van der Waals surface area contributed by atoms with Crippen LogP contribution in [-0.4, -0.2) is 25.1 Å². The van der Waals surface area contributed by atoms with Crippen molar-refractivity contribution in [2.24, 2.45) is 10.7 Å². The Hall–Kier alpha value is -1.56. The Bertz CT molecular complexity index is 486. The number of hydrogen-bond acceptors (Lipinski definition) is 3. The van der Waals surface area contributed by atoms with Crippen LogP contribution in [0, 0.1) is 0 Å². The minimum atomic E-state index is -4.32. The smallest absolute Gasteiger partial charge is 0.416 e. The molecule has 1 atom stereocenters. The van der Waals surface area contributed by atoms with Gasteiger partial charge in [-0.3, -0.25) is 4.99 Å². The summed E-state index contributed by atoms with van der Waals surface area (Å²) in [4.78, 5) is 4.23. The first-order valence-electron chi connectivity index (χ1n) is 6.55. The maximum atomic E-state index is 12.6. The third-order valence-electron chi connectivity index (χ3n) is 3.11. The SMILES string of the molecule is NCCCC1CN=C(Cc2cccc(C(F)(F)F)c2)O1. The Morgan fingerprint density at radius 1 is 1.35 bits per heavy atom. The van der Waals surface area contributed by atoms with E-state index in [9.17, 15) is 13.2 Å². The van der Waals surface area contributed by atoms with Gasteiger partial charge in [-0.2, -0.15) is 13.2 Å². The van der Waals surface area contributed by atoms with Crippen molar-refractivity contribution >= 4 is 5.90 Å². The predicted molar refractivity (Wildman–Crippen MR) is 70.6 cm³/mol. The van der Waals surface area contributed by atoms with Gasteiger partial charge in [0.05, 0.1) is 12.1 Å². The molecule has 0 aliphatic carbocycles. The van der Waals surface area contributed by atoms with E-state index in [4.69, 9.17) is 10.5 Å². The van der Waals surface area contributed by atoms with Crippen molar-refractivity contribution in [1.29, 1.82) is 0 Å². The highest BCUT2D eigenvalue weighted by molar-refractivity contribution is 5.80. The minimum absolute atomic E-state index is 0.0133. The molecule has 1 aromatic rings. The highest BCUT2D eigenvalue weighted by Gasteiger charge is 2.30. The van der Waals surface area contributed by atoms with E-state index in [0.29, 0.717) is 31.0 Å². The quantitative estimate of drug-likeness (QED) is 0.904. The normalized spacial score (nSPS) is 18.8. The van der Waals surface area contributed by atoms with E-state index in [2.05, 4.69) is 4.99 Å². The standard InChI is InChI=1S/C14H17F3N2O/c15-14(16,17)11-4-1-3-10(7-11)8-13-19-9-12(20-13)5-2-6-18/h1,3-4,7,12H,2,5-6,8-9,18H2. The summed E-state index contributed by atoms with van der Waals surface area (Å²) < 4.78 is 43.4. The van der Waals surface area contributed by atoms with Gasteiger partial charge >= 0.3 is 6.18 Å². The minimum Gasteiger partial charge on any atom is -0.475 e. The first kappa shape index (κ1) is 14.8. The average Bonchev–Trinajstić information content (AvgIpc) is 2.83. The molecule has 0 aromatic heterocycles. The Kier molecular flexibility index (Phi) is 4.65. The lowest BCUT2D eigenvalue weighted by Crippen LogP contribution is -2.16. The number of aliphatic imine (C=N–C) groups is 1. The lowest BCUT2D eigenvalue weighted by Gasteiger charge is -2.11. The number of nitrogens with two attached hydrogens (primary N) is 1. The van der Waals surface area contributed by atoms with Crippen LogP contribution >= 0.6 is 0 Å². The number of halogens is 3. The van der Waals surface area contributed by atoms with Gasteiger partial charge in [0.25, 0.3) is 0 Å². The van der Waals surface area contributed by atoms with Crippen molar-refractivity contribution in [2.75, 3.05) is 13.1 Å². The van der Waals surface area contributed by atoms with Gasteiger partial charge in [-0.15, -0.1) is 0 Å². The van der Waals surface area contributed by atoms with E-state index >= 15 is 0 Å². The Morgan fingerprint density at radius 2 is 2.15 bits per heavy atom. The van der Waals surface area contributed by atoms with Gasteiger partial charge in [0.15, 0.2) is 5.90 Å². The van der Waals surface area contributed by atoms with Crippen LogP contribution in [0.3, 0.4) is 0 Å². The molecule has 6 heteroatoms. The average molecular weight is 286 g/mol. The molecule has 0 amide bonds. The van der Waals surface area contributed by atoms with Crippen LogP contribution in [0.4, 0.5) is 13.2 Å². The van der Waals surface area contributed by atoms with Gasteiger partial charge in [0, 0.05) is 6.42 Å². The summed E-state index contributed by atoms with van der Waals surface area (Å²) in [5, 5.41) is 0. The molecule has 2 rings (SSSR count). The molecule has 0 saturated heterocycles. The highest BCUT2D eigenvalue weighted by atomic mass is 19.4. The third-order valence-corrected chi connectivity index (χ3v) is 3.11. The summed E-state index contributed by atoms with van der Waals surface area (Å²) in [6.07, 6.45) is -2.33. The van der Waals surface area contributed by atoms with E-state index in [1.165, 1.54) is 6.07 Å². The lowest BCUT2D eigenvalue weighted by molar-refractivity contribution is -0.137. The van der Waals surface area contributed by atoms with Crippen LogP contribution in [0.1, 0.15) is 24.0 Å². The fourth-order valence-electron chi connectivity index (χ4n) is 2.10. The van der Waals surface area contributed by atoms with Crippen molar-refractivity contribution in [3.05, 3.63) is 35.4 Å². The molecule has 3 nitrogen and oxygen atoms in total. The number of hydrogen-bond donors (Lipinski definition) is 1. The van der Waals surface area contributed by atoms with E-state index in [1.54, 1.807) is 6.07 Å². The Morgan fingerprint density at radius 3 is 2.85 bits per heavy atom. The second kappa shape index (κ2) is 6.26. The lowest BCUT2D eigenvalue weighted by atomic mass is 10.1. The van der Waals surface area contributed by atoms with Crippen LogP contribution in [0.25, 0.3) is 0 Å². The summed E-state index contributed by atoms with van der Waals surface area (Å²) >= 11 is 0. The molecule has 1 unspecified atom stereocenters. The van der Waals surface area contributed by atoms with Gasteiger partial charge in [-0.05, 0) is 31.0 Å². The molecule has 0 fully saturated rings. The summed E-state index contributed by atoms with van der Waals surface area (Å²) in [6, 6.07) is 5.25. The summed E-state index contributed by atoms with van der Waals surface area (Å²) in [7, 11) is 0. The predicted octanol–water partition coefficient (Wildman–Crippen LogP) is 2.78. The first-order valence-corrected chi connectivity index (χ1v) is 6.55. The molecule has 20 heavy (non-hydrogen) atoms. The van der Waals surface area contributed by atoms with Crippen molar-refractivity contribution in [1.82, 2.24) is 0 Å². The largest absolute Gasteiger partial charge is 0.475 e. The molecule has 1 aliphatic heterocycles. The summed E-state index contributed by atoms with van der Waals surface area (Å²) in [5.74, 6) is 0.506. The highest BCUT2D eigenvalue weighted by Crippen LogP contribution is 2.29. The maximum absolute atomic E-state index is 12.6. The van der Waals surface area contributed by atoms with Crippen LogP contribution in [0.5, 0.6) is 0 Å². The molecule has 0 radical (unpaired) electrons. The number of nitrogens with zero attached hydrogens (tertiary/aromatic N) is 1. The number of rotatable bonds is 5. The Balaban J connectivity index is 1.95. The molecule has 1 heterocycles. The monoisotopic (exact) mass is 286 g/mol. The zero-order valence-corrected chi connectivity index (χ0v) is 11.0. The summed E-state index contributed by atoms with van der Waals surface area (Å²) in [6.45, 7) is 1.16. The van der Waals surface area contributed by atoms with E-state index in [-0.39, 0.29) is 6.10 Å². The molecule has 0 saturated carbocycles. The molecule has 1 aromatic carbocycles. The van der Waals surface area contributed by atoms with Crippen molar-refractivity contribution in [2.45, 2.75) is 31.5 Å². The van der Waals surface area contributed by atoms with Gasteiger partial charge in [-0.25, -0.2) is 0 Å². The van der Waals surface area contributed by atoms with Crippen LogP contribution in [0.2, 0.25) is 0 Å². The number of benzene rings is 1. The third kappa shape index (κ3) is 3.96. The molecular weight excluding hydrogens is 269 g/mol. The molecule has 2 N–H and O–H groups in total. The first-order chi connectivity index (χ1) is 9.49. The van der Waals surface area contributed by atoms with Gasteiger partial charge in [-0.1, -0.05) is 18.2 Å². The van der Waals surface area contributed by atoms with Crippen molar-refractivity contribution in [3.63, 3.8) is 0 Å². The van der Waals surface area contributed by atoms with Gasteiger partial charge in [0.2, 0.25) is 0 Å². The number of ether oxygens (including phenoxy) is 1. The molecule has 1 aliphatic rings. The second-order valence-corrected chi connectivity index (χ2v) is 4.78. The van der Waals surface area contributed by atoms with Crippen molar-refractivity contribution < 1.29 is 17.9 Å². The van der Waals surface area contributed by atoms with E-state index < -0.39 is 11.7 Å². The zero-order valence-electron chi connectivity index (χ0n) is 11.0. The molecule has 0 spiro atoms. The van der Waals surface area contributed by atoms with E-state index in [0.717, 1.165) is 25.0 Å². The van der Waals surface area contributed by atoms with Crippen LogP contribution < -0.4 is 5.73 Å². The molecular formula is C14H17F3N2O. The van der Waals surface area contributed by atoms with Gasteiger partial charge in [0.1, 0.15) is 6.10 Å². The summed E-state index contributed by atoms with van der Waals surface area (Å²) in [5.41, 5.74) is 5.33. The molecule has 110 valence electrons. The topological polar surface area (TPSA) is 47.6 Å². The van der Waals surface area contributed by atoms with Gasteiger partial charge < -0.3 is 10.5 Å². The van der Waals surface area contributed by atoms with Crippen LogP contribution in [-0.2, 0) is 17.3 Å². The van der Waals surface area contributed by atoms with Crippen LogP contribution in [0.15, 0.2) is 29.3 Å². The Labute approximate surface area is 115 Å². The fourth-order valence-corrected chi connectivity index (χ4v) is 2.10. The zero-order chi connectivity index (χ0) is 14.6. The fraction of sp³-hybridized carbons (Fsp3) is 0.500. The molecule has 0 bridgehead atoms. The van der Waals surface area contributed by atoms with E-state index in [1.807, 2.05) is 0 Å².